The van der Waals surface area contributed by atoms with Crippen LogP contribution in [-0.4, -0.2) is 21.2 Å². The number of nitrogens with zero attached hydrogens (tertiary/aromatic N) is 2. The minimum absolute atomic E-state index is 0.0926. The number of hydrogen-bond donors (Lipinski definition) is 2. The average Bonchev–Trinajstić information content (AvgIpc) is 2.75. The van der Waals surface area contributed by atoms with E-state index >= 15 is 0 Å². The topological polar surface area (TPSA) is 58.0 Å². The molecule has 2 aromatic rings. The van der Waals surface area contributed by atoms with Crippen LogP contribution in [0.2, 0.25) is 0 Å². The second kappa shape index (κ2) is 5.82. The van der Waals surface area contributed by atoms with Crippen molar-refractivity contribution in [3.63, 3.8) is 0 Å². The van der Waals surface area contributed by atoms with Gasteiger partial charge in [0.25, 0.3) is 0 Å². The van der Waals surface area contributed by atoms with Crippen LogP contribution in [0.15, 0.2) is 30.3 Å². The van der Waals surface area contributed by atoms with Gasteiger partial charge in [-0.05, 0) is 24.5 Å². The number of aliphatic hydroxyl groups excluding tert-OH is 1. The van der Waals surface area contributed by atoms with Gasteiger partial charge in [-0.15, -0.1) is 0 Å². The molecule has 0 radical (unpaired) electrons. The molecule has 0 unspecified atom stereocenters. The number of fused-ring (bicyclic) bond motifs is 1. The molecule has 2 atom stereocenters. The molecule has 0 bridgehead atoms. The van der Waals surface area contributed by atoms with Gasteiger partial charge in [-0.25, -0.2) is 9.97 Å². The van der Waals surface area contributed by atoms with Crippen molar-refractivity contribution in [2.45, 2.75) is 45.3 Å². The van der Waals surface area contributed by atoms with Gasteiger partial charge in [-0.1, -0.05) is 31.2 Å². The highest BCUT2D eigenvalue weighted by Gasteiger charge is 2.30. The minimum Gasteiger partial charge on any atom is -0.390 e. The molecule has 0 aliphatic heterocycles. The molecule has 3 rings (SSSR count). The SMILES string of the molecule is CCCc1nc(C)cc(N[C@@H]2c3ccccc3C[C@@H]2O)n1. The van der Waals surface area contributed by atoms with Gasteiger partial charge in [0.15, 0.2) is 0 Å². The molecule has 4 nitrogen and oxygen atoms in total. The Hall–Kier alpha value is -1.94. The number of aromatic nitrogens is 2. The van der Waals surface area contributed by atoms with Crippen molar-refractivity contribution in [1.82, 2.24) is 9.97 Å². The van der Waals surface area contributed by atoms with Crippen LogP contribution in [0.5, 0.6) is 0 Å². The number of hydrogen-bond acceptors (Lipinski definition) is 4. The van der Waals surface area contributed by atoms with Gasteiger partial charge in [-0.2, -0.15) is 0 Å². The van der Waals surface area contributed by atoms with Crippen LogP contribution in [0, 0.1) is 6.92 Å². The Morgan fingerprint density at radius 1 is 1.29 bits per heavy atom. The molecular weight excluding hydrogens is 262 g/mol. The van der Waals surface area contributed by atoms with Gasteiger partial charge >= 0.3 is 0 Å². The number of rotatable bonds is 4. The summed E-state index contributed by atoms with van der Waals surface area (Å²) >= 11 is 0. The summed E-state index contributed by atoms with van der Waals surface area (Å²) in [6.07, 6.45) is 2.19. The molecule has 110 valence electrons. The van der Waals surface area contributed by atoms with Gasteiger partial charge in [0, 0.05) is 24.6 Å². The molecule has 1 aromatic heterocycles. The van der Waals surface area contributed by atoms with Gasteiger partial charge in [0.05, 0.1) is 12.1 Å². The van der Waals surface area contributed by atoms with Crippen LogP contribution < -0.4 is 5.32 Å². The molecule has 0 spiro atoms. The van der Waals surface area contributed by atoms with Crippen molar-refractivity contribution in [3.05, 3.63) is 53.0 Å². The lowest BCUT2D eigenvalue weighted by Gasteiger charge is -2.19. The zero-order valence-electron chi connectivity index (χ0n) is 12.5. The van der Waals surface area contributed by atoms with Crippen LogP contribution in [0.1, 0.15) is 42.0 Å². The van der Waals surface area contributed by atoms with Crippen molar-refractivity contribution in [1.29, 1.82) is 0 Å². The summed E-state index contributed by atoms with van der Waals surface area (Å²) in [7, 11) is 0. The van der Waals surface area contributed by atoms with Gasteiger partial charge in [0.1, 0.15) is 11.6 Å². The van der Waals surface area contributed by atoms with Crippen molar-refractivity contribution >= 4 is 5.82 Å². The molecule has 2 N–H and O–H groups in total. The average molecular weight is 283 g/mol. The van der Waals surface area contributed by atoms with E-state index in [0.717, 1.165) is 30.2 Å². The molecule has 0 amide bonds. The first kappa shape index (κ1) is 14.0. The number of aliphatic hydroxyl groups is 1. The Balaban J connectivity index is 1.87. The third-order valence-corrected chi connectivity index (χ3v) is 3.88. The molecule has 1 heterocycles. The highest BCUT2D eigenvalue weighted by atomic mass is 16.3. The van der Waals surface area contributed by atoms with Crippen molar-refractivity contribution in [2.75, 3.05) is 5.32 Å². The predicted octanol–water partition coefficient (Wildman–Crippen LogP) is 2.81. The van der Waals surface area contributed by atoms with E-state index < -0.39 is 6.10 Å². The van der Waals surface area contributed by atoms with Crippen LogP contribution in [0.4, 0.5) is 5.82 Å². The van der Waals surface area contributed by atoms with E-state index in [2.05, 4.69) is 34.3 Å². The number of nitrogens with one attached hydrogen (secondary N) is 1. The van der Waals surface area contributed by atoms with E-state index in [1.54, 1.807) is 0 Å². The second-order valence-electron chi connectivity index (χ2n) is 5.65. The van der Waals surface area contributed by atoms with E-state index in [4.69, 9.17) is 0 Å². The van der Waals surface area contributed by atoms with E-state index in [1.165, 1.54) is 11.1 Å². The fourth-order valence-corrected chi connectivity index (χ4v) is 2.95. The maximum Gasteiger partial charge on any atom is 0.130 e. The molecule has 4 heteroatoms. The Kier molecular flexibility index (Phi) is 3.88. The molecular formula is C17H21N3O. The van der Waals surface area contributed by atoms with E-state index in [-0.39, 0.29) is 6.04 Å². The summed E-state index contributed by atoms with van der Waals surface area (Å²) in [5, 5.41) is 13.7. The van der Waals surface area contributed by atoms with E-state index in [1.807, 2.05) is 25.1 Å². The third-order valence-electron chi connectivity index (χ3n) is 3.88. The zero-order valence-corrected chi connectivity index (χ0v) is 12.5. The standard InChI is InChI=1S/C17H21N3O/c1-3-6-15-18-11(2)9-16(19-15)20-17-13-8-5-4-7-12(13)10-14(17)21/h4-5,7-9,14,17,21H,3,6,10H2,1-2H3,(H,18,19,20)/t14-,17+/m0/s1. The Morgan fingerprint density at radius 2 is 2.10 bits per heavy atom. The van der Waals surface area contributed by atoms with E-state index in [9.17, 15) is 5.11 Å². The van der Waals surface area contributed by atoms with Gasteiger partial charge in [-0.3, -0.25) is 0 Å². The summed E-state index contributed by atoms with van der Waals surface area (Å²) < 4.78 is 0. The lowest BCUT2D eigenvalue weighted by atomic mass is 10.1. The predicted molar refractivity (Wildman–Crippen MR) is 83.3 cm³/mol. The molecule has 0 saturated carbocycles. The molecule has 0 fully saturated rings. The monoisotopic (exact) mass is 283 g/mol. The van der Waals surface area contributed by atoms with Crippen molar-refractivity contribution in [2.24, 2.45) is 0 Å². The quantitative estimate of drug-likeness (QED) is 0.906. The minimum atomic E-state index is -0.410. The fraction of sp³-hybridized carbons (Fsp3) is 0.412. The summed E-state index contributed by atoms with van der Waals surface area (Å²) in [6.45, 7) is 4.10. The highest BCUT2D eigenvalue weighted by Crippen LogP contribution is 2.33. The lowest BCUT2D eigenvalue weighted by Crippen LogP contribution is -2.22. The molecule has 1 aromatic carbocycles. The summed E-state index contributed by atoms with van der Waals surface area (Å²) in [6, 6.07) is 10.0. The molecule has 1 aliphatic carbocycles. The third kappa shape index (κ3) is 2.90. The van der Waals surface area contributed by atoms with Crippen LogP contribution in [0.3, 0.4) is 0 Å². The summed E-state index contributed by atoms with van der Waals surface area (Å²) in [5.41, 5.74) is 3.33. The summed E-state index contributed by atoms with van der Waals surface area (Å²) in [4.78, 5) is 9.01. The molecule has 1 aliphatic rings. The molecule has 21 heavy (non-hydrogen) atoms. The number of anilines is 1. The normalized spacial score (nSPS) is 20.3. The Morgan fingerprint density at radius 3 is 2.90 bits per heavy atom. The van der Waals surface area contributed by atoms with Crippen LogP contribution in [0.25, 0.3) is 0 Å². The first-order valence-corrected chi connectivity index (χ1v) is 7.54. The van der Waals surface area contributed by atoms with Crippen molar-refractivity contribution < 1.29 is 5.11 Å². The maximum atomic E-state index is 10.3. The first-order valence-electron chi connectivity index (χ1n) is 7.54. The summed E-state index contributed by atoms with van der Waals surface area (Å²) in [5.74, 6) is 1.66. The second-order valence-corrected chi connectivity index (χ2v) is 5.65. The van der Waals surface area contributed by atoms with Gasteiger partial charge in [0.2, 0.25) is 0 Å². The molecule has 0 saturated heterocycles. The first-order chi connectivity index (χ1) is 10.2. The van der Waals surface area contributed by atoms with E-state index in [0.29, 0.717) is 6.42 Å². The zero-order chi connectivity index (χ0) is 14.8. The van der Waals surface area contributed by atoms with Crippen molar-refractivity contribution in [3.8, 4) is 0 Å². The highest BCUT2D eigenvalue weighted by molar-refractivity contribution is 5.45. The number of aryl methyl sites for hydroxylation is 2. The van der Waals surface area contributed by atoms with Crippen LogP contribution in [-0.2, 0) is 12.8 Å². The number of benzene rings is 1. The van der Waals surface area contributed by atoms with Crippen LogP contribution >= 0.6 is 0 Å². The van der Waals surface area contributed by atoms with Gasteiger partial charge < -0.3 is 10.4 Å². The largest absolute Gasteiger partial charge is 0.390 e. The fourth-order valence-electron chi connectivity index (χ4n) is 2.95. The smallest absolute Gasteiger partial charge is 0.130 e. The lowest BCUT2D eigenvalue weighted by molar-refractivity contribution is 0.165. The maximum absolute atomic E-state index is 10.3. The Bertz CT molecular complexity index is 642. The Labute approximate surface area is 125 Å².